The molecule has 0 saturated carbocycles. The molecule has 0 aromatic heterocycles. The van der Waals surface area contributed by atoms with E-state index in [4.69, 9.17) is 11.6 Å². The van der Waals surface area contributed by atoms with Crippen LogP contribution in [0.25, 0.3) is 0 Å². The van der Waals surface area contributed by atoms with E-state index >= 15 is 0 Å². The average molecular weight is 421 g/mol. The van der Waals surface area contributed by atoms with E-state index in [9.17, 15) is 13.2 Å². The molecule has 1 aliphatic heterocycles. The molecule has 7 heteroatoms. The molecule has 5 nitrogen and oxygen atoms in total. The third-order valence-electron chi connectivity index (χ3n) is 4.88. The van der Waals surface area contributed by atoms with E-state index in [0.29, 0.717) is 30.8 Å². The zero-order valence-electron chi connectivity index (χ0n) is 16.1. The second-order valence-electron chi connectivity index (χ2n) is 7.76. The molecule has 3 rings (SSSR count). The van der Waals surface area contributed by atoms with Gasteiger partial charge in [0.2, 0.25) is 15.9 Å². The molecule has 1 atom stereocenters. The Morgan fingerprint density at radius 2 is 1.79 bits per heavy atom. The zero-order valence-corrected chi connectivity index (χ0v) is 17.6. The molecule has 1 amide bonds. The van der Waals surface area contributed by atoms with Crippen molar-refractivity contribution in [2.45, 2.75) is 49.6 Å². The first kappa shape index (κ1) is 20.8. The number of benzene rings is 2. The number of nitrogens with zero attached hydrogens (tertiary/aromatic N) is 1. The maximum atomic E-state index is 13.0. The Hall–Kier alpha value is -1.89. The second kappa shape index (κ2) is 8.23. The van der Waals surface area contributed by atoms with Gasteiger partial charge in [-0.25, -0.2) is 8.42 Å². The summed E-state index contributed by atoms with van der Waals surface area (Å²) in [4.78, 5) is 13.1. The number of halogens is 1. The van der Waals surface area contributed by atoms with Gasteiger partial charge in [-0.2, -0.15) is 4.31 Å². The molecule has 1 N–H and O–H groups in total. The van der Waals surface area contributed by atoms with Gasteiger partial charge in [0, 0.05) is 17.1 Å². The minimum absolute atomic E-state index is 0.153. The Bertz CT molecular complexity index is 928. The molecule has 0 bridgehead atoms. The first-order valence-corrected chi connectivity index (χ1v) is 11.1. The molecule has 1 unspecified atom stereocenters. The highest BCUT2D eigenvalue weighted by atomic mass is 35.5. The summed E-state index contributed by atoms with van der Waals surface area (Å²) in [5.74, 6) is -0.254. The maximum absolute atomic E-state index is 13.0. The predicted molar refractivity (Wildman–Crippen MR) is 111 cm³/mol. The molecule has 28 heavy (non-hydrogen) atoms. The summed E-state index contributed by atoms with van der Waals surface area (Å²) in [7, 11) is -3.75. The van der Waals surface area contributed by atoms with Crippen molar-refractivity contribution < 1.29 is 13.2 Å². The summed E-state index contributed by atoms with van der Waals surface area (Å²) in [6.07, 6.45) is 1.83. The van der Waals surface area contributed by atoms with Crippen LogP contribution in [0.1, 0.15) is 32.3 Å². The van der Waals surface area contributed by atoms with Crippen LogP contribution in [0.15, 0.2) is 59.5 Å². The van der Waals surface area contributed by atoms with Crippen molar-refractivity contribution in [2.75, 3.05) is 6.54 Å². The van der Waals surface area contributed by atoms with Crippen LogP contribution in [0.5, 0.6) is 0 Å². The van der Waals surface area contributed by atoms with Gasteiger partial charge in [0.15, 0.2) is 0 Å². The topological polar surface area (TPSA) is 66.5 Å². The average Bonchev–Trinajstić information content (AvgIpc) is 3.13. The fraction of sp³-hybridized carbons (Fsp3) is 0.381. The summed E-state index contributed by atoms with van der Waals surface area (Å²) in [6, 6.07) is 15.2. The number of carbonyl (C=O) groups is 1. The fourth-order valence-corrected chi connectivity index (χ4v) is 5.38. The van der Waals surface area contributed by atoms with E-state index in [0.717, 1.165) is 5.56 Å². The molecule has 1 aliphatic rings. The first-order chi connectivity index (χ1) is 13.2. The number of amides is 1. The Kier molecular flexibility index (Phi) is 6.12. The van der Waals surface area contributed by atoms with Crippen LogP contribution in [-0.2, 0) is 21.2 Å². The number of rotatable bonds is 6. The standard InChI is InChI=1S/C21H25ClN2O3S/c1-21(2,15-16-7-4-3-5-8-16)23-20(25)19-9-6-14-24(19)28(26,27)18-12-10-17(22)11-13-18/h3-5,7-8,10-13,19H,6,9,14-15H2,1-2H3,(H,23,25). The fourth-order valence-electron chi connectivity index (χ4n) is 3.60. The van der Waals surface area contributed by atoms with Crippen molar-refractivity contribution >= 4 is 27.5 Å². The third kappa shape index (κ3) is 4.74. The van der Waals surface area contributed by atoms with E-state index < -0.39 is 21.6 Å². The smallest absolute Gasteiger partial charge is 0.243 e. The Morgan fingerprint density at radius 3 is 2.43 bits per heavy atom. The van der Waals surface area contributed by atoms with Crippen molar-refractivity contribution in [3.8, 4) is 0 Å². The highest BCUT2D eigenvalue weighted by molar-refractivity contribution is 7.89. The minimum atomic E-state index is -3.75. The Balaban J connectivity index is 1.74. The van der Waals surface area contributed by atoms with Crippen molar-refractivity contribution in [1.29, 1.82) is 0 Å². The van der Waals surface area contributed by atoms with Crippen molar-refractivity contribution in [1.82, 2.24) is 9.62 Å². The monoisotopic (exact) mass is 420 g/mol. The normalized spacial score (nSPS) is 18.2. The van der Waals surface area contributed by atoms with Crippen LogP contribution in [0.2, 0.25) is 5.02 Å². The Morgan fingerprint density at radius 1 is 1.14 bits per heavy atom. The van der Waals surface area contributed by atoms with Crippen LogP contribution in [0, 0.1) is 0 Å². The van der Waals surface area contributed by atoms with Crippen LogP contribution >= 0.6 is 11.6 Å². The van der Waals surface area contributed by atoms with Gasteiger partial charge in [-0.3, -0.25) is 4.79 Å². The van der Waals surface area contributed by atoms with Gasteiger partial charge >= 0.3 is 0 Å². The minimum Gasteiger partial charge on any atom is -0.349 e. The van der Waals surface area contributed by atoms with Gasteiger partial charge in [-0.05, 0) is 62.9 Å². The molecule has 0 spiro atoms. The van der Waals surface area contributed by atoms with Gasteiger partial charge in [0.1, 0.15) is 6.04 Å². The van der Waals surface area contributed by atoms with Gasteiger partial charge < -0.3 is 5.32 Å². The molecule has 0 aliphatic carbocycles. The number of hydrogen-bond donors (Lipinski definition) is 1. The van der Waals surface area contributed by atoms with Crippen molar-refractivity contribution in [3.05, 3.63) is 65.2 Å². The molecule has 2 aromatic carbocycles. The third-order valence-corrected chi connectivity index (χ3v) is 7.05. The summed E-state index contributed by atoms with van der Waals surface area (Å²) >= 11 is 5.87. The zero-order chi connectivity index (χ0) is 20.4. The van der Waals surface area contributed by atoms with Crippen LogP contribution in [-0.4, -0.2) is 36.8 Å². The molecular formula is C21H25ClN2O3S. The number of carbonyl (C=O) groups excluding carboxylic acids is 1. The molecule has 150 valence electrons. The number of hydrogen-bond acceptors (Lipinski definition) is 3. The lowest BCUT2D eigenvalue weighted by Crippen LogP contribution is -2.53. The summed E-state index contributed by atoms with van der Waals surface area (Å²) in [5, 5.41) is 3.51. The first-order valence-electron chi connectivity index (χ1n) is 9.32. The SMILES string of the molecule is CC(C)(Cc1ccccc1)NC(=O)C1CCCN1S(=O)(=O)c1ccc(Cl)cc1. The highest BCUT2D eigenvalue weighted by Gasteiger charge is 2.40. The summed E-state index contributed by atoms with van der Waals surface area (Å²) < 4.78 is 27.3. The van der Waals surface area contributed by atoms with E-state index in [1.165, 1.54) is 16.4 Å². The van der Waals surface area contributed by atoms with Crippen LogP contribution < -0.4 is 5.32 Å². The lowest BCUT2D eigenvalue weighted by atomic mass is 9.94. The number of sulfonamides is 1. The van der Waals surface area contributed by atoms with Crippen LogP contribution in [0.4, 0.5) is 0 Å². The maximum Gasteiger partial charge on any atom is 0.243 e. The molecule has 1 heterocycles. The lowest BCUT2D eigenvalue weighted by Gasteiger charge is -2.30. The lowest BCUT2D eigenvalue weighted by molar-refractivity contribution is -0.125. The molecule has 1 saturated heterocycles. The Labute approximate surface area is 171 Å². The van der Waals surface area contributed by atoms with E-state index in [2.05, 4.69) is 5.32 Å². The largest absolute Gasteiger partial charge is 0.349 e. The molecule has 1 fully saturated rings. The molecule has 0 radical (unpaired) electrons. The highest BCUT2D eigenvalue weighted by Crippen LogP contribution is 2.27. The molecule has 2 aromatic rings. The second-order valence-corrected chi connectivity index (χ2v) is 10.1. The van der Waals surface area contributed by atoms with Gasteiger partial charge in [0.05, 0.1) is 4.90 Å². The quantitative estimate of drug-likeness (QED) is 0.775. The van der Waals surface area contributed by atoms with Gasteiger partial charge in [0.25, 0.3) is 0 Å². The van der Waals surface area contributed by atoms with E-state index in [-0.39, 0.29) is 10.8 Å². The van der Waals surface area contributed by atoms with E-state index in [1.54, 1.807) is 12.1 Å². The summed E-state index contributed by atoms with van der Waals surface area (Å²) in [6.45, 7) is 4.23. The van der Waals surface area contributed by atoms with Crippen LogP contribution in [0.3, 0.4) is 0 Å². The van der Waals surface area contributed by atoms with Crippen molar-refractivity contribution in [2.24, 2.45) is 0 Å². The predicted octanol–water partition coefficient (Wildman–Crippen LogP) is 3.63. The van der Waals surface area contributed by atoms with Gasteiger partial charge in [-0.15, -0.1) is 0 Å². The molecular weight excluding hydrogens is 396 g/mol. The van der Waals surface area contributed by atoms with Gasteiger partial charge in [-0.1, -0.05) is 41.9 Å². The summed E-state index contributed by atoms with van der Waals surface area (Å²) in [5.41, 5.74) is 0.626. The van der Waals surface area contributed by atoms with Crippen molar-refractivity contribution in [3.63, 3.8) is 0 Å². The number of nitrogens with one attached hydrogen (secondary N) is 1. The van der Waals surface area contributed by atoms with E-state index in [1.807, 2.05) is 44.2 Å².